The highest BCUT2D eigenvalue weighted by Gasteiger charge is 2.15. The lowest BCUT2D eigenvalue weighted by Crippen LogP contribution is -2.24. The first-order chi connectivity index (χ1) is 17.3. The van der Waals surface area contributed by atoms with E-state index < -0.39 is 0 Å². The molecule has 186 valence electrons. The van der Waals surface area contributed by atoms with E-state index in [1.807, 2.05) is 6.07 Å². The van der Waals surface area contributed by atoms with Crippen LogP contribution in [0.25, 0.3) is 11.1 Å². The van der Waals surface area contributed by atoms with Crippen molar-refractivity contribution in [1.82, 2.24) is 0 Å². The highest BCUT2D eigenvalue weighted by molar-refractivity contribution is 5.64. The SMILES string of the molecule is CC(CCCCCCc1ccc(-c2ccc(OC3CCCCO3)cc2)cc1)OCc1ccccc1. The molecule has 3 heteroatoms. The van der Waals surface area contributed by atoms with Crippen LogP contribution >= 0.6 is 0 Å². The summed E-state index contributed by atoms with van der Waals surface area (Å²) < 4.78 is 17.6. The molecule has 4 rings (SSSR count). The molecule has 0 bridgehead atoms. The number of unbranched alkanes of at least 4 members (excludes halogenated alkanes) is 3. The molecule has 2 atom stereocenters. The van der Waals surface area contributed by atoms with E-state index in [9.17, 15) is 0 Å². The summed E-state index contributed by atoms with van der Waals surface area (Å²) in [4.78, 5) is 0. The maximum atomic E-state index is 5.98. The number of ether oxygens (including phenoxy) is 3. The molecule has 0 N–H and O–H groups in total. The van der Waals surface area contributed by atoms with E-state index in [1.165, 1.54) is 54.4 Å². The molecule has 2 unspecified atom stereocenters. The Kier molecular flexibility index (Phi) is 10.2. The van der Waals surface area contributed by atoms with E-state index in [-0.39, 0.29) is 6.29 Å². The van der Waals surface area contributed by atoms with Crippen LogP contribution in [0.3, 0.4) is 0 Å². The van der Waals surface area contributed by atoms with Gasteiger partial charge < -0.3 is 14.2 Å². The molecule has 35 heavy (non-hydrogen) atoms. The second kappa shape index (κ2) is 14.1. The van der Waals surface area contributed by atoms with Gasteiger partial charge in [-0.1, -0.05) is 86.0 Å². The van der Waals surface area contributed by atoms with Gasteiger partial charge in [0.25, 0.3) is 0 Å². The number of rotatable bonds is 13. The molecule has 0 saturated carbocycles. The Balaban J connectivity index is 1.10. The van der Waals surface area contributed by atoms with Gasteiger partial charge in [-0.15, -0.1) is 0 Å². The van der Waals surface area contributed by atoms with Crippen molar-refractivity contribution in [2.45, 2.75) is 83.7 Å². The summed E-state index contributed by atoms with van der Waals surface area (Å²) in [6.07, 6.45) is 10.8. The second-order valence-corrected chi connectivity index (χ2v) is 9.70. The van der Waals surface area contributed by atoms with Crippen molar-refractivity contribution in [3.63, 3.8) is 0 Å². The summed E-state index contributed by atoms with van der Waals surface area (Å²) in [7, 11) is 0. The minimum Gasteiger partial charge on any atom is -0.465 e. The molecule has 0 aliphatic carbocycles. The highest BCUT2D eigenvalue weighted by atomic mass is 16.7. The van der Waals surface area contributed by atoms with Crippen LogP contribution in [0.4, 0.5) is 0 Å². The molecule has 1 heterocycles. The summed E-state index contributed by atoms with van der Waals surface area (Å²) >= 11 is 0. The summed E-state index contributed by atoms with van der Waals surface area (Å²) in [6, 6.07) is 27.8. The molecule has 1 fully saturated rings. The van der Waals surface area contributed by atoms with Crippen molar-refractivity contribution in [2.75, 3.05) is 6.61 Å². The zero-order chi connectivity index (χ0) is 24.1. The lowest BCUT2D eigenvalue weighted by Gasteiger charge is -2.23. The van der Waals surface area contributed by atoms with Gasteiger partial charge in [0.15, 0.2) is 6.29 Å². The second-order valence-electron chi connectivity index (χ2n) is 9.70. The molecule has 3 nitrogen and oxygen atoms in total. The summed E-state index contributed by atoms with van der Waals surface area (Å²) in [5.41, 5.74) is 5.14. The van der Waals surface area contributed by atoms with Gasteiger partial charge in [0, 0.05) is 6.42 Å². The average Bonchev–Trinajstić information content (AvgIpc) is 2.91. The van der Waals surface area contributed by atoms with Crippen LogP contribution in [-0.4, -0.2) is 19.0 Å². The molecule has 1 saturated heterocycles. The number of aryl methyl sites for hydroxylation is 1. The Hall–Kier alpha value is -2.62. The summed E-state index contributed by atoms with van der Waals surface area (Å²) in [5.74, 6) is 0.884. The molecule has 1 aliphatic heterocycles. The third kappa shape index (κ3) is 8.83. The van der Waals surface area contributed by atoms with Crippen molar-refractivity contribution in [1.29, 1.82) is 0 Å². The fourth-order valence-electron chi connectivity index (χ4n) is 4.56. The molecule has 1 aliphatic rings. The Morgan fingerprint density at radius 1 is 0.771 bits per heavy atom. The number of hydrogen-bond donors (Lipinski definition) is 0. The largest absolute Gasteiger partial charge is 0.465 e. The minimum atomic E-state index is -0.0924. The molecular weight excluding hydrogens is 432 g/mol. The van der Waals surface area contributed by atoms with Gasteiger partial charge >= 0.3 is 0 Å². The van der Waals surface area contributed by atoms with Crippen molar-refractivity contribution in [3.05, 3.63) is 90.0 Å². The third-order valence-electron chi connectivity index (χ3n) is 6.75. The Morgan fingerprint density at radius 2 is 1.49 bits per heavy atom. The van der Waals surface area contributed by atoms with Gasteiger partial charge in [0.05, 0.1) is 19.3 Å². The molecular formula is C32H40O3. The molecule has 0 aromatic heterocycles. The van der Waals surface area contributed by atoms with Crippen molar-refractivity contribution >= 4 is 0 Å². The first-order valence-electron chi connectivity index (χ1n) is 13.4. The minimum absolute atomic E-state index is 0.0924. The lowest BCUT2D eigenvalue weighted by molar-refractivity contribution is -0.105. The third-order valence-corrected chi connectivity index (χ3v) is 6.75. The van der Waals surface area contributed by atoms with Crippen LogP contribution in [0.5, 0.6) is 5.75 Å². The van der Waals surface area contributed by atoms with Gasteiger partial charge in [-0.2, -0.15) is 0 Å². The van der Waals surface area contributed by atoms with Crippen molar-refractivity contribution in [3.8, 4) is 16.9 Å². The standard InChI is InChI=1S/C32H40O3/c1-26(34-25-28-13-7-4-8-14-28)11-5-2-3-6-12-27-16-18-29(19-17-27)30-20-22-31(23-21-30)35-32-15-9-10-24-33-32/h4,7-8,13-14,16-23,26,32H,2-3,5-6,9-12,15,24-25H2,1H3. The van der Waals surface area contributed by atoms with Crippen LogP contribution in [-0.2, 0) is 22.5 Å². The highest BCUT2D eigenvalue weighted by Crippen LogP contribution is 2.25. The van der Waals surface area contributed by atoms with Crippen LogP contribution in [0.1, 0.15) is 69.4 Å². The number of hydrogen-bond acceptors (Lipinski definition) is 3. The van der Waals surface area contributed by atoms with E-state index in [2.05, 4.69) is 79.7 Å². The molecule has 3 aromatic rings. The Bertz CT molecular complexity index is 960. The predicted octanol–water partition coefficient (Wildman–Crippen LogP) is 8.36. The smallest absolute Gasteiger partial charge is 0.199 e. The van der Waals surface area contributed by atoms with Crippen molar-refractivity contribution < 1.29 is 14.2 Å². The average molecular weight is 473 g/mol. The predicted molar refractivity (Wildman–Crippen MR) is 144 cm³/mol. The van der Waals surface area contributed by atoms with Crippen LogP contribution in [0.2, 0.25) is 0 Å². The first kappa shape index (κ1) is 25.5. The van der Waals surface area contributed by atoms with E-state index >= 15 is 0 Å². The molecule has 0 spiro atoms. The van der Waals surface area contributed by atoms with Crippen LogP contribution in [0, 0.1) is 0 Å². The Morgan fingerprint density at radius 3 is 2.20 bits per heavy atom. The van der Waals surface area contributed by atoms with Gasteiger partial charge in [-0.05, 0) is 73.4 Å². The van der Waals surface area contributed by atoms with Gasteiger partial charge in [-0.25, -0.2) is 0 Å². The van der Waals surface area contributed by atoms with Crippen molar-refractivity contribution in [2.24, 2.45) is 0 Å². The fraction of sp³-hybridized carbons (Fsp3) is 0.438. The quantitative estimate of drug-likeness (QED) is 0.234. The molecule has 0 radical (unpaired) electrons. The molecule has 3 aromatic carbocycles. The van der Waals surface area contributed by atoms with Gasteiger partial charge in [-0.3, -0.25) is 0 Å². The zero-order valence-electron chi connectivity index (χ0n) is 21.2. The molecule has 0 amide bonds. The summed E-state index contributed by atoms with van der Waals surface area (Å²) in [6.45, 7) is 3.71. The normalized spacial score (nSPS) is 16.7. The van der Waals surface area contributed by atoms with Gasteiger partial charge in [0.1, 0.15) is 5.75 Å². The lowest BCUT2D eigenvalue weighted by atomic mass is 10.0. The van der Waals surface area contributed by atoms with E-state index in [4.69, 9.17) is 14.2 Å². The zero-order valence-corrected chi connectivity index (χ0v) is 21.2. The first-order valence-corrected chi connectivity index (χ1v) is 13.4. The van der Waals surface area contributed by atoms with E-state index in [0.29, 0.717) is 12.7 Å². The number of benzene rings is 3. The van der Waals surface area contributed by atoms with E-state index in [0.717, 1.165) is 38.0 Å². The summed E-state index contributed by atoms with van der Waals surface area (Å²) in [5, 5.41) is 0. The van der Waals surface area contributed by atoms with Gasteiger partial charge in [0.2, 0.25) is 0 Å². The van der Waals surface area contributed by atoms with E-state index in [1.54, 1.807) is 0 Å². The van der Waals surface area contributed by atoms with Crippen LogP contribution in [0.15, 0.2) is 78.9 Å². The van der Waals surface area contributed by atoms with Crippen LogP contribution < -0.4 is 4.74 Å². The maximum absolute atomic E-state index is 5.98. The fourth-order valence-corrected chi connectivity index (χ4v) is 4.56. The Labute approximate surface area is 211 Å². The topological polar surface area (TPSA) is 27.7 Å². The monoisotopic (exact) mass is 472 g/mol. The maximum Gasteiger partial charge on any atom is 0.199 e.